The van der Waals surface area contributed by atoms with Gasteiger partial charge in [-0.15, -0.1) is 0 Å². The zero-order chi connectivity index (χ0) is 56.5. The molecular formula is C57H70N4O16S2. The molecule has 79 heavy (non-hydrogen) atoms. The SMILES string of the molecule is Cc1ccc2c(-c3ccc(NC(=S)NCCCCCNC(=O)COCCOCC=CC4CC(C=Cc5ccccc5)CC4C(=O)NCCOC4OC(COS(=O)(=O)O)C(O)C(C)C4O)cc3C(O)O)c3ccc(=O)cc-3oc2c1. The largest absolute Gasteiger partial charge is 0.456 e. The molecule has 2 heterocycles. The predicted octanol–water partition coefficient (Wildman–Crippen LogP) is 5.41. The molecule has 7 rings (SSSR count). The second-order valence-corrected chi connectivity index (χ2v) is 21.2. The number of hydrogen-bond donors (Lipinski definition) is 9. The highest BCUT2D eigenvalue weighted by Crippen LogP contribution is 2.43. The molecule has 3 aromatic rings. The average Bonchev–Trinajstić information content (AvgIpc) is 3.92. The maximum atomic E-state index is 13.6. The first-order valence-corrected chi connectivity index (χ1v) is 28.1. The van der Waals surface area contributed by atoms with Crippen LogP contribution < -0.4 is 26.7 Å². The monoisotopic (exact) mass is 1130 g/mol. The van der Waals surface area contributed by atoms with Gasteiger partial charge in [-0.25, -0.2) is 4.18 Å². The highest BCUT2D eigenvalue weighted by molar-refractivity contribution is 7.81. The van der Waals surface area contributed by atoms with Gasteiger partial charge in [0.1, 0.15) is 30.2 Å². The van der Waals surface area contributed by atoms with Crippen molar-refractivity contribution in [2.45, 2.75) is 76.8 Å². The molecule has 22 heteroatoms. The van der Waals surface area contributed by atoms with E-state index >= 15 is 0 Å². The maximum Gasteiger partial charge on any atom is 0.397 e. The lowest BCUT2D eigenvalue weighted by Crippen LogP contribution is -2.55. The Morgan fingerprint density at radius 2 is 1.61 bits per heavy atom. The van der Waals surface area contributed by atoms with E-state index in [0.717, 1.165) is 42.2 Å². The Labute approximate surface area is 464 Å². The van der Waals surface area contributed by atoms with Crippen molar-refractivity contribution in [3.8, 4) is 22.5 Å². The van der Waals surface area contributed by atoms with Gasteiger partial charge in [0.25, 0.3) is 0 Å². The van der Waals surface area contributed by atoms with Gasteiger partial charge in [0.2, 0.25) is 11.8 Å². The molecule has 3 aromatic carbocycles. The lowest BCUT2D eigenvalue weighted by Gasteiger charge is -2.40. The second-order valence-electron chi connectivity index (χ2n) is 19.7. The third-order valence-electron chi connectivity index (χ3n) is 13.8. The number of benzene rings is 4. The molecular weight excluding hydrogens is 1060 g/mol. The Bertz CT molecular complexity index is 3030. The van der Waals surface area contributed by atoms with Crippen LogP contribution in [0.1, 0.15) is 62.0 Å². The lowest BCUT2D eigenvalue weighted by molar-refractivity contribution is -0.285. The molecule has 2 aliphatic heterocycles. The summed E-state index contributed by atoms with van der Waals surface area (Å²) in [5.74, 6) is -1.10. The van der Waals surface area contributed by atoms with E-state index in [2.05, 4.69) is 37.6 Å². The van der Waals surface area contributed by atoms with E-state index in [1.54, 1.807) is 24.3 Å². The van der Waals surface area contributed by atoms with Crippen LogP contribution in [0.4, 0.5) is 5.69 Å². The van der Waals surface area contributed by atoms with E-state index in [9.17, 15) is 43.2 Å². The Morgan fingerprint density at radius 3 is 2.38 bits per heavy atom. The molecule has 426 valence electrons. The van der Waals surface area contributed by atoms with E-state index in [1.165, 1.54) is 19.1 Å². The summed E-state index contributed by atoms with van der Waals surface area (Å²) in [6.07, 6.45) is 4.91. The zero-order valence-electron chi connectivity index (χ0n) is 44.0. The summed E-state index contributed by atoms with van der Waals surface area (Å²) >= 11 is 5.53. The fourth-order valence-electron chi connectivity index (χ4n) is 9.72. The number of aliphatic hydroxyl groups is 4. The number of amides is 2. The van der Waals surface area contributed by atoms with Crippen LogP contribution in [0.25, 0.3) is 39.5 Å². The van der Waals surface area contributed by atoms with Crippen molar-refractivity contribution in [3.63, 3.8) is 0 Å². The number of carbonyl (C=O) groups is 2. The second kappa shape index (κ2) is 29.5. The fraction of sp³-hybridized carbons (Fsp3) is 0.439. The maximum absolute atomic E-state index is 13.6. The van der Waals surface area contributed by atoms with Crippen molar-refractivity contribution in [1.82, 2.24) is 16.0 Å². The summed E-state index contributed by atoms with van der Waals surface area (Å²) < 4.78 is 64.0. The Morgan fingerprint density at radius 1 is 0.848 bits per heavy atom. The minimum atomic E-state index is -4.79. The number of unbranched alkanes of at least 4 members (excludes halogenated alkanes) is 2. The molecule has 2 amide bonds. The zero-order valence-corrected chi connectivity index (χ0v) is 45.7. The van der Waals surface area contributed by atoms with Gasteiger partial charge in [0.15, 0.2) is 23.1 Å². The highest BCUT2D eigenvalue weighted by atomic mass is 32.3. The number of nitrogens with one attached hydrogen (secondary N) is 4. The molecule has 2 fully saturated rings. The van der Waals surface area contributed by atoms with Crippen molar-refractivity contribution in [3.05, 3.63) is 130 Å². The first-order valence-electron chi connectivity index (χ1n) is 26.3. The number of carbonyl (C=O) groups excluding carboxylic acids is 2. The van der Waals surface area contributed by atoms with Crippen LogP contribution in [-0.2, 0) is 43.1 Å². The first-order chi connectivity index (χ1) is 37.9. The highest BCUT2D eigenvalue weighted by Gasteiger charge is 2.43. The quantitative estimate of drug-likeness (QED) is 0.00793. The van der Waals surface area contributed by atoms with Gasteiger partial charge >= 0.3 is 10.4 Å². The van der Waals surface area contributed by atoms with Crippen LogP contribution in [0.3, 0.4) is 0 Å². The fourth-order valence-corrected chi connectivity index (χ4v) is 10.2. The summed E-state index contributed by atoms with van der Waals surface area (Å²) in [4.78, 5) is 38.2. The van der Waals surface area contributed by atoms with E-state index in [4.69, 9.17) is 40.1 Å². The van der Waals surface area contributed by atoms with Crippen LogP contribution in [-0.4, -0.2) is 134 Å². The molecule has 4 aliphatic rings. The Hall–Kier alpha value is -5.99. The number of fused-ring (bicyclic) bond motifs is 2. The van der Waals surface area contributed by atoms with Gasteiger partial charge in [-0.1, -0.05) is 79.8 Å². The topological polar surface area (TPSA) is 294 Å². The van der Waals surface area contributed by atoms with Gasteiger partial charge < -0.3 is 65.1 Å². The van der Waals surface area contributed by atoms with Crippen molar-refractivity contribution >= 4 is 62.3 Å². The van der Waals surface area contributed by atoms with Gasteiger partial charge in [-0.3, -0.25) is 18.9 Å². The van der Waals surface area contributed by atoms with Crippen LogP contribution in [0.2, 0.25) is 0 Å². The van der Waals surface area contributed by atoms with Gasteiger partial charge in [0.05, 0.1) is 39.1 Å². The van der Waals surface area contributed by atoms with Crippen molar-refractivity contribution in [2.24, 2.45) is 23.7 Å². The third-order valence-corrected chi connectivity index (χ3v) is 14.5. The molecule has 0 bridgehead atoms. The molecule has 2 aliphatic carbocycles. The van der Waals surface area contributed by atoms with Crippen LogP contribution >= 0.6 is 12.2 Å². The molecule has 20 nitrogen and oxygen atoms in total. The molecule has 1 saturated carbocycles. The average molecular weight is 1130 g/mol. The summed E-state index contributed by atoms with van der Waals surface area (Å²) in [7, 11) is -4.79. The molecule has 1 saturated heterocycles. The van der Waals surface area contributed by atoms with Crippen molar-refractivity contribution < 1.29 is 70.5 Å². The molecule has 0 aromatic heterocycles. The van der Waals surface area contributed by atoms with Gasteiger partial charge in [0, 0.05) is 65.3 Å². The van der Waals surface area contributed by atoms with E-state index in [-0.39, 0.29) is 80.1 Å². The van der Waals surface area contributed by atoms with Crippen LogP contribution in [0, 0.1) is 30.6 Å². The number of aliphatic hydroxyl groups excluding tert-OH is 3. The van der Waals surface area contributed by atoms with Crippen molar-refractivity contribution in [1.29, 1.82) is 0 Å². The number of aryl methyl sites for hydroxylation is 1. The third kappa shape index (κ3) is 18.0. The van der Waals surface area contributed by atoms with E-state index in [1.807, 2.05) is 67.6 Å². The molecule has 0 radical (unpaired) electrons. The standard InChI is InChI=1S/C57H70N4O16S2/c1-35-13-18-43-47(28-35)76-48-32-41(62)17-20-44(48)51(43)42-19-16-40(31-46(42)55(67)68)61-57(78)60-22-8-4-7-21-58-50(63)34-73-27-26-72-24-9-12-39-29-38(15-14-37-10-5-3-6-11-37)30-45(39)54(66)59-23-25-74-56-53(65)36(2)52(64)49(77-56)33-75-79(69,70)71/h3,5-6,9-20,28,31-32,36,38-39,45,49,52-53,55-56,64-65,67-68H,4,7-8,21-27,29-30,33-34H2,1-2H3,(H,58,63)(H,59,66)(H2,60,61,78)(H,69,70,71). The van der Waals surface area contributed by atoms with E-state index in [0.29, 0.717) is 58.3 Å². The smallest absolute Gasteiger partial charge is 0.397 e. The number of allylic oxidation sites excluding steroid dienone is 2. The van der Waals surface area contributed by atoms with E-state index < -0.39 is 53.8 Å². The number of hydrogen-bond acceptors (Lipinski definition) is 16. The van der Waals surface area contributed by atoms with Gasteiger partial charge in [-0.05, 0) is 110 Å². The Balaban J connectivity index is 0.767. The predicted molar refractivity (Wildman–Crippen MR) is 300 cm³/mol. The number of anilines is 1. The molecule has 9 N–H and O–H groups in total. The molecule has 0 spiro atoms. The number of ether oxygens (including phenoxy) is 4. The van der Waals surface area contributed by atoms with Crippen molar-refractivity contribution in [2.75, 3.05) is 64.6 Å². The lowest BCUT2D eigenvalue weighted by atomic mass is 9.90. The molecule has 8 atom stereocenters. The van der Waals surface area contributed by atoms with Crippen LogP contribution in [0.15, 0.2) is 112 Å². The summed E-state index contributed by atoms with van der Waals surface area (Å²) in [6.45, 7) is 4.48. The van der Waals surface area contributed by atoms with Crippen LogP contribution in [0.5, 0.6) is 0 Å². The summed E-state index contributed by atoms with van der Waals surface area (Å²) in [5.41, 5.74) is 5.11. The minimum Gasteiger partial charge on any atom is -0.456 e. The summed E-state index contributed by atoms with van der Waals surface area (Å²) in [5, 5.41) is 55.2. The normalized spacial score (nSPS) is 21.6. The first kappa shape index (κ1) is 60.6. The summed E-state index contributed by atoms with van der Waals surface area (Å²) in [6, 6.07) is 25.4. The number of rotatable bonds is 27. The molecule has 8 unspecified atom stereocenters. The number of thiocarbonyl (C=S) groups is 1. The van der Waals surface area contributed by atoms with Gasteiger partial charge in [-0.2, -0.15) is 8.42 Å². The Kier molecular flexibility index (Phi) is 22.6. The minimum absolute atomic E-state index is 0.0561.